The van der Waals surface area contributed by atoms with Crippen LogP contribution in [0.3, 0.4) is 0 Å². The molecule has 4 nitrogen and oxygen atoms in total. The maximum absolute atomic E-state index is 5.96. The molecule has 1 heterocycles. The molecule has 102 valence electrons. The lowest BCUT2D eigenvalue weighted by Crippen LogP contribution is -2.17. The van der Waals surface area contributed by atoms with E-state index in [1.165, 1.54) is 0 Å². The highest BCUT2D eigenvalue weighted by molar-refractivity contribution is 6.29. The molecular weight excluding hydrogens is 252 g/mol. The molecule has 0 atom stereocenters. The van der Waals surface area contributed by atoms with E-state index in [9.17, 15) is 0 Å². The van der Waals surface area contributed by atoms with Gasteiger partial charge in [0.15, 0.2) is 0 Å². The molecule has 0 aliphatic rings. The molecule has 0 radical (unpaired) electrons. The fourth-order valence-corrected chi connectivity index (χ4v) is 1.43. The van der Waals surface area contributed by atoms with E-state index in [0.717, 1.165) is 13.0 Å². The average Bonchev–Trinajstić information content (AvgIpc) is 2.27. The van der Waals surface area contributed by atoms with Gasteiger partial charge in [-0.05, 0) is 6.42 Å². The Kier molecular flexibility index (Phi) is 5.82. The molecule has 0 fully saturated rings. The lowest BCUT2D eigenvalue weighted by Gasteiger charge is -2.17. The van der Waals surface area contributed by atoms with Gasteiger partial charge in [-0.1, -0.05) is 39.3 Å². The summed E-state index contributed by atoms with van der Waals surface area (Å²) in [7, 11) is 0. The first-order chi connectivity index (χ1) is 8.43. The zero-order valence-corrected chi connectivity index (χ0v) is 12.3. The summed E-state index contributed by atoms with van der Waals surface area (Å²) in [5, 5.41) is 0.402. The Hall–Kier alpha value is -0.870. The molecule has 0 saturated heterocycles. The van der Waals surface area contributed by atoms with Crippen molar-refractivity contribution in [2.24, 2.45) is 0 Å². The topological polar surface area (TPSA) is 44.2 Å². The quantitative estimate of drug-likeness (QED) is 0.589. The summed E-state index contributed by atoms with van der Waals surface area (Å²) in [6, 6.07) is 1.62. The van der Waals surface area contributed by atoms with Crippen LogP contribution in [-0.2, 0) is 10.2 Å². The summed E-state index contributed by atoms with van der Waals surface area (Å²) >= 11 is 5.96. The fraction of sp³-hybridized carbons (Fsp3) is 0.692. The monoisotopic (exact) mass is 272 g/mol. The molecule has 0 bridgehead atoms. The van der Waals surface area contributed by atoms with Crippen LogP contribution in [0.5, 0.6) is 5.88 Å². The van der Waals surface area contributed by atoms with Crippen LogP contribution in [0.1, 0.15) is 39.9 Å². The number of rotatable bonds is 6. The summed E-state index contributed by atoms with van der Waals surface area (Å²) < 4.78 is 10.8. The molecule has 18 heavy (non-hydrogen) atoms. The van der Waals surface area contributed by atoms with Crippen LogP contribution in [0.2, 0.25) is 5.15 Å². The van der Waals surface area contributed by atoms with Gasteiger partial charge in [-0.3, -0.25) is 0 Å². The van der Waals surface area contributed by atoms with Gasteiger partial charge in [0.2, 0.25) is 5.88 Å². The van der Waals surface area contributed by atoms with Crippen molar-refractivity contribution >= 4 is 11.6 Å². The van der Waals surface area contributed by atoms with E-state index in [4.69, 9.17) is 21.1 Å². The van der Waals surface area contributed by atoms with Crippen molar-refractivity contribution in [3.8, 4) is 5.88 Å². The van der Waals surface area contributed by atoms with E-state index < -0.39 is 0 Å². The van der Waals surface area contributed by atoms with Crippen LogP contribution in [0.25, 0.3) is 0 Å². The second kappa shape index (κ2) is 6.90. The minimum absolute atomic E-state index is 0.151. The summed E-state index contributed by atoms with van der Waals surface area (Å²) in [5.74, 6) is 1.18. The smallest absolute Gasteiger partial charge is 0.218 e. The van der Waals surface area contributed by atoms with E-state index >= 15 is 0 Å². The van der Waals surface area contributed by atoms with Crippen LogP contribution in [-0.4, -0.2) is 29.8 Å². The van der Waals surface area contributed by atoms with Gasteiger partial charge in [-0.2, -0.15) is 4.98 Å². The summed E-state index contributed by atoms with van der Waals surface area (Å²) in [6.07, 6.45) is 1.01. The predicted molar refractivity (Wildman–Crippen MR) is 72.3 cm³/mol. The van der Waals surface area contributed by atoms with Crippen molar-refractivity contribution in [3.05, 3.63) is 17.0 Å². The summed E-state index contributed by atoms with van der Waals surface area (Å²) in [5.41, 5.74) is -0.151. The average molecular weight is 273 g/mol. The van der Waals surface area contributed by atoms with Crippen molar-refractivity contribution in [2.75, 3.05) is 19.8 Å². The highest BCUT2D eigenvalue weighted by Gasteiger charge is 2.19. The van der Waals surface area contributed by atoms with E-state index in [-0.39, 0.29) is 5.41 Å². The third-order valence-electron chi connectivity index (χ3n) is 2.17. The lowest BCUT2D eigenvalue weighted by molar-refractivity contribution is 0.0988. The zero-order valence-electron chi connectivity index (χ0n) is 11.5. The molecule has 0 amide bonds. The zero-order chi connectivity index (χ0) is 13.6. The third kappa shape index (κ3) is 5.19. The first-order valence-electron chi connectivity index (χ1n) is 6.19. The van der Waals surface area contributed by atoms with Crippen LogP contribution < -0.4 is 4.74 Å². The number of hydrogen-bond acceptors (Lipinski definition) is 4. The van der Waals surface area contributed by atoms with Crippen molar-refractivity contribution < 1.29 is 9.47 Å². The van der Waals surface area contributed by atoms with E-state index in [0.29, 0.717) is 30.1 Å². The highest BCUT2D eigenvalue weighted by Crippen LogP contribution is 2.23. The van der Waals surface area contributed by atoms with Gasteiger partial charge in [0.05, 0.1) is 6.61 Å². The van der Waals surface area contributed by atoms with Crippen LogP contribution in [0.15, 0.2) is 6.07 Å². The number of ether oxygens (including phenoxy) is 2. The second-order valence-electron chi connectivity index (χ2n) is 5.06. The highest BCUT2D eigenvalue weighted by atomic mass is 35.5. The molecule has 0 unspecified atom stereocenters. The molecular formula is C13H21ClN2O2. The first kappa shape index (κ1) is 15.2. The number of hydrogen-bond donors (Lipinski definition) is 0. The van der Waals surface area contributed by atoms with E-state index in [1.807, 2.05) is 20.8 Å². The maximum atomic E-state index is 5.96. The largest absolute Gasteiger partial charge is 0.475 e. The minimum Gasteiger partial charge on any atom is -0.475 e. The Morgan fingerprint density at radius 2 is 1.89 bits per heavy atom. The Morgan fingerprint density at radius 3 is 2.50 bits per heavy atom. The number of aromatic nitrogens is 2. The fourth-order valence-electron chi connectivity index (χ4n) is 1.26. The van der Waals surface area contributed by atoms with Gasteiger partial charge >= 0.3 is 0 Å². The molecule has 0 aliphatic heterocycles. The Balaban J connectivity index is 2.58. The van der Waals surface area contributed by atoms with Crippen LogP contribution in [0.4, 0.5) is 0 Å². The van der Waals surface area contributed by atoms with Crippen LogP contribution >= 0.6 is 11.6 Å². The molecule has 1 aromatic rings. The third-order valence-corrected chi connectivity index (χ3v) is 2.36. The standard InChI is InChI=1S/C13H21ClN2O2/c1-5-6-17-7-8-18-11-9-10(14)15-12(16-11)13(2,3)4/h9H,5-8H2,1-4H3. The molecule has 0 aliphatic carbocycles. The molecule has 0 N–H and O–H groups in total. The van der Waals surface area contributed by atoms with Gasteiger partial charge in [0.1, 0.15) is 17.6 Å². The van der Waals surface area contributed by atoms with Gasteiger partial charge in [0, 0.05) is 18.1 Å². The SMILES string of the molecule is CCCOCCOc1cc(Cl)nc(C(C)(C)C)n1. The maximum Gasteiger partial charge on any atom is 0.218 e. The molecule has 0 saturated carbocycles. The van der Waals surface area contributed by atoms with Crippen LogP contribution in [0, 0.1) is 0 Å². The van der Waals surface area contributed by atoms with Gasteiger partial charge in [-0.25, -0.2) is 4.98 Å². The number of nitrogens with zero attached hydrogens (tertiary/aromatic N) is 2. The summed E-state index contributed by atoms with van der Waals surface area (Å²) in [6.45, 7) is 9.95. The molecule has 0 aromatic carbocycles. The Morgan fingerprint density at radius 1 is 1.17 bits per heavy atom. The molecule has 0 spiro atoms. The van der Waals surface area contributed by atoms with E-state index in [2.05, 4.69) is 16.9 Å². The van der Waals surface area contributed by atoms with Gasteiger partial charge in [-0.15, -0.1) is 0 Å². The van der Waals surface area contributed by atoms with Crippen molar-refractivity contribution in [2.45, 2.75) is 39.5 Å². The lowest BCUT2D eigenvalue weighted by atomic mass is 9.96. The molecule has 1 aromatic heterocycles. The predicted octanol–water partition coefficient (Wildman–Crippen LogP) is 3.23. The van der Waals surface area contributed by atoms with Crippen molar-refractivity contribution in [3.63, 3.8) is 0 Å². The van der Waals surface area contributed by atoms with Crippen molar-refractivity contribution in [1.29, 1.82) is 0 Å². The first-order valence-corrected chi connectivity index (χ1v) is 6.57. The second-order valence-corrected chi connectivity index (χ2v) is 5.45. The van der Waals surface area contributed by atoms with Gasteiger partial charge in [0.25, 0.3) is 0 Å². The Labute approximate surface area is 114 Å². The summed E-state index contributed by atoms with van der Waals surface area (Å²) in [4.78, 5) is 8.56. The molecule has 5 heteroatoms. The normalized spacial score (nSPS) is 11.6. The number of halogens is 1. The van der Waals surface area contributed by atoms with E-state index in [1.54, 1.807) is 6.07 Å². The van der Waals surface area contributed by atoms with Crippen molar-refractivity contribution in [1.82, 2.24) is 9.97 Å². The minimum atomic E-state index is -0.151. The van der Waals surface area contributed by atoms with Gasteiger partial charge < -0.3 is 9.47 Å². The molecule has 1 rings (SSSR count). The Bertz CT molecular complexity index is 378.